The molecule has 4 nitrogen and oxygen atoms in total. The highest BCUT2D eigenvalue weighted by atomic mass is 35.5. The molecule has 2 aromatic rings. The monoisotopic (exact) mass is 317 g/mol. The minimum absolute atomic E-state index is 0.140. The van der Waals surface area contributed by atoms with Gasteiger partial charge < -0.3 is 4.90 Å². The Morgan fingerprint density at radius 1 is 1.32 bits per heavy atom. The quantitative estimate of drug-likeness (QED) is 0.867. The van der Waals surface area contributed by atoms with Gasteiger partial charge in [0.1, 0.15) is 0 Å². The van der Waals surface area contributed by atoms with Crippen LogP contribution in [0.2, 0.25) is 5.02 Å². The number of benzene rings is 1. The summed E-state index contributed by atoms with van der Waals surface area (Å²) >= 11 is 5.86. The molecule has 3 rings (SSSR count). The van der Waals surface area contributed by atoms with Crippen LogP contribution in [0, 0.1) is 0 Å². The van der Waals surface area contributed by atoms with E-state index in [-0.39, 0.29) is 5.91 Å². The number of carbonyl (C=O) groups excluding carboxylic acids is 1. The van der Waals surface area contributed by atoms with Crippen LogP contribution in [-0.4, -0.2) is 33.2 Å². The maximum absolute atomic E-state index is 12.6. The summed E-state index contributed by atoms with van der Waals surface area (Å²) in [7, 11) is 0. The fourth-order valence-corrected chi connectivity index (χ4v) is 3.09. The number of hydrogen-bond donors (Lipinski definition) is 0. The first-order valence-electron chi connectivity index (χ1n) is 7.71. The van der Waals surface area contributed by atoms with Gasteiger partial charge in [0.05, 0.1) is 17.8 Å². The normalized spacial score (nSPS) is 18.5. The molecule has 1 amide bonds. The Kier molecular flexibility index (Phi) is 4.48. The molecule has 1 aliphatic rings. The van der Waals surface area contributed by atoms with Gasteiger partial charge in [0.25, 0.3) is 5.91 Å². The average molecular weight is 318 g/mol. The van der Waals surface area contributed by atoms with Gasteiger partial charge in [0.2, 0.25) is 0 Å². The van der Waals surface area contributed by atoms with Gasteiger partial charge in [-0.3, -0.25) is 9.48 Å². The van der Waals surface area contributed by atoms with Crippen LogP contribution < -0.4 is 0 Å². The predicted octanol–water partition coefficient (Wildman–Crippen LogP) is 3.60. The number of rotatable bonds is 3. The Hall–Kier alpha value is -1.81. The topological polar surface area (TPSA) is 38.1 Å². The molecule has 116 valence electrons. The Bertz CT molecular complexity index is 650. The van der Waals surface area contributed by atoms with E-state index in [0.717, 1.165) is 30.5 Å². The lowest BCUT2D eigenvalue weighted by Gasteiger charge is -2.33. The van der Waals surface area contributed by atoms with Crippen molar-refractivity contribution in [3.05, 3.63) is 52.8 Å². The fraction of sp³-hybridized carbons (Fsp3) is 0.412. The molecule has 0 N–H and O–H groups in total. The number of nitrogens with zero attached hydrogens (tertiary/aromatic N) is 3. The van der Waals surface area contributed by atoms with Crippen LogP contribution in [0.15, 0.2) is 36.7 Å². The average Bonchev–Trinajstić information content (AvgIpc) is 2.93. The van der Waals surface area contributed by atoms with Crippen molar-refractivity contribution in [1.29, 1.82) is 0 Å². The Morgan fingerprint density at radius 3 is 2.73 bits per heavy atom. The number of aromatic nitrogens is 2. The third-order valence-corrected chi connectivity index (χ3v) is 4.41. The highest BCUT2D eigenvalue weighted by Crippen LogP contribution is 2.19. The molecule has 0 radical (unpaired) electrons. The van der Waals surface area contributed by atoms with Crippen molar-refractivity contribution in [1.82, 2.24) is 14.7 Å². The van der Waals surface area contributed by atoms with E-state index in [9.17, 15) is 4.79 Å². The van der Waals surface area contributed by atoms with E-state index < -0.39 is 0 Å². The molecule has 1 aromatic heterocycles. The summed E-state index contributed by atoms with van der Waals surface area (Å²) < 4.78 is 1.78. The third-order valence-electron chi connectivity index (χ3n) is 4.21. The molecule has 1 atom stereocenters. The molecule has 1 aliphatic heterocycles. The Morgan fingerprint density at radius 2 is 2.09 bits per heavy atom. The zero-order chi connectivity index (χ0) is 15.5. The second-order valence-corrected chi connectivity index (χ2v) is 6.33. The smallest absolute Gasteiger partial charge is 0.254 e. The maximum Gasteiger partial charge on any atom is 0.254 e. The first kappa shape index (κ1) is 15.1. The lowest BCUT2D eigenvalue weighted by molar-refractivity contribution is 0.0635. The van der Waals surface area contributed by atoms with Gasteiger partial charge in [0.15, 0.2) is 0 Å². The van der Waals surface area contributed by atoms with Crippen LogP contribution in [0.3, 0.4) is 0 Å². The van der Waals surface area contributed by atoms with Crippen molar-refractivity contribution >= 4 is 17.5 Å². The maximum atomic E-state index is 12.6. The standard InChI is InChI=1S/C17H20ClN3O/c1-13-4-2-3-9-21(13)17(22)15-7-5-14(6-8-15)11-20-12-16(18)10-19-20/h5-8,10,12-13H,2-4,9,11H2,1H3. The summed E-state index contributed by atoms with van der Waals surface area (Å²) in [6.07, 6.45) is 6.83. The predicted molar refractivity (Wildman–Crippen MR) is 87.1 cm³/mol. The van der Waals surface area contributed by atoms with Crippen LogP contribution in [0.1, 0.15) is 42.1 Å². The second kappa shape index (κ2) is 6.53. The summed E-state index contributed by atoms with van der Waals surface area (Å²) in [4.78, 5) is 14.6. The van der Waals surface area contributed by atoms with Crippen molar-refractivity contribution in [2.45, 2.75) is 38.8 Å². The molecule has 1 aromatic carbocycles. The van der Waals surface area contributed by atoms with Crippen LogP contribution in [0.25, 0.3) is 0 Å². The second-order valence-electron chi connectivity index (χ2n) is 5.90. The Balaban J connectivity index is 1.69. The minimum atomic E-state index is 0.140. The van der Waals surface area contributed by atoms with E-state index in [2.05, 4.69) is 12.0 Å². The van der Waals surface area contributed by atoms with Gasteiger partial charge in [-0.1, -0.05) is 23.7 Å². The van der Waals surface area contributed by atoms with Gasteiger partial charge in [-0.25, -0.2) is 0 Å². The molecular formula is C17H20ClN3O. The SMILES string of the molecule is CC1CCCCN1C(=O)c1ccc(Cn2cc(Cl)cn2)cc1. The van der Waals surface area contributed by atoms with Gasteiger partial charge in [-0.15, -0.1) is 0 Å². The van der Waals surface area contributed by atoms with Gasteiger partial charge >= 0.3 is 0 Å². The van der Waals surface area contributed by atoms with E-state index in [1.54, 1.807) is 17.1 Å². The van der Waals surface area contributed by atoms with Gasteiger partial charge in [-0.05, 0) is 43.9 Å². The number of halogens is 1. The van der Waals surface area contributed by atoms with Crippen LogP contribution in [-0.2, 0) is 6.54 Å². The van der Waals surface area contributed by atoms with Crippen LogP contribution in [0.4, 0.5) is 0 Å². The zero-order valence-corrected chi connectivity index (χ0v) is 13.5. The van der Waals surface area contributed by atoms with E-state index >= 15 is 0 Å². The number of carbonyl (C=O) groups is 1. The molecule has 0 saturated carbocycles. The highest BCUT2D eigenvalue weighted by Gasteiger charge is 2.23. The van der Waals surface area contributed by atoms with Crippen molar-refractivity contribution in [2.24, 2.45) is 0 Å². The lowest BCUT2D eigenvalue weighted by atomic mass is 10.0. The first-order chi connectivity index (χ1) is 10.6. The molecule has 22 heavy (non-hydrogen) atoms. The molecule has 0 aliphatic carbocycles. The number of likely N-dealkylation sites (tertiary alicyclic amines) is 1. The molecule has 5 heteroatoms. The molecule has 1 unspecified atom stereocenters. The summed E-state index contributed by atoms with van der Waals surface area (Å²) in [5.41, 5.74) is 1.86. The van der Waals surface area contributed by atoms with Gasteiger partial charge in [0, 0.05) is 24.3 Å². The number of piperidine rings is 1. The zero-order valence-electron chi connectivity index (χ0n) is 12.7. The number of hydrogen-bond acceptors (Lipinski definition) is 2. The van der Waals surface area contributed by atoms with Gasteiger partial charge in [-0.2, -0.15) is 5.10 Å². The highest BCUT2D eigenvalue weighted by molar-refractivity contribution is 6.30. The molecule has 1 saturated heterocycles. The molecular weight excluding hydrogens is 298 g/mol. The van der Waals surface area contributed by atoms with Crippen molar-refractivity contribution in [3.63, 3.8) is 0 Å². The van der Waals surface area contributed by atoms with E-state index in [0.29, 0.717) is 17.6 Å². The molecule has 2 heterocycles. The largest absolute Gasteiger partial charge is 0.336 e. The van der Waals surface area contributed by atoms with Crippen LogP contribution in [0.5, 0.6) is 0 Å². The number of amides is 1. The summed E-state index contributed by atoms with van der Waals surface area (Å²) in [6.45, 7) is 3.65. The molecule has 1 fully saturated rings. The van der Waals surface area contributed by atoms with E-state index in [1.807, 2.05) is 29.2 Å². The van der Waals surface area contributed by atoms with Crippen LogP contribution >= 0.6 is 11.6 Å². The lowest BCUT2D eigenvalue weighted by Crippen LogP contribution is -2.42. The Labute approximate surface area is 135 Å². The third kappa shape index (κ3) is 3.33. The summed E-state index contributed by atoms with van der Waals surface area (Å²) in [5.74, 6) is 0.140. The fourth-order valence-electron chi connectivity index (χ4n) is 2.93. The summed E-state index contributed by atoms with van der Waals surface area (Å²) in [5, 5.41) is 4.79. The molecule has 0 bridgehead atoms. The van der Waals surface area contributed by atoms with Crippen molar-refractivity contribution in [3.8, 4) is 0 Å². The summed E-state index contributed by atoms with van der Waals surface area (Å²) in [6, 6.07) is 8.12. The first-order valence-corrected chi connectivity index (χ1v) is 8.09. The van der Waals surface area contributed by atoms with E-state index in [1.165, 1.54) is 6.42 Å². The van der Waals surface area contributed by atoms with Crippen molar-refractivity contribution < 1.29 is 4.79 Å². The molecule has 0 spiro atoms. The van der Waals surface area contributed by atoms with Crippen molar-refractivity contribution in [2.75, 3.05) is 6.54 Å². The minimum Gasteiger partial charge on any atom is -0.336 e. The van der Waals surface area contributed by atoms with E-state index in [4.69, 9.17) is 11.6 Å².